The fraction of sp³-hybridized carbons (Fsp3) is 0.235. The van der Waals surface area contributed by atoms with Crippen molar-refractivity contribution in [3.63, 3.8) is 0 Å². The molecule has 0 spiro atoms. The van der Waals surface area contributed by atoms with E-state index in [0.717, 1.165) is 17.1 Å². The molecule has 21 heavy (non-hydrogen) atoms. The maximum absolute atomic E-state index is 13.0. The van der Waals surface area contributed by atoms with E-state index in [2.05, 4.69) is 4.98 Å². The van der Waals surface area contributed by atoms with Gasteiger partial charge in [0.1, 0.15) is 17.2 Å². The summed E-state index contributed by atoms with van der Waals surface area (Å²) >= 11 is 0. The van der Waals surface area contributed by atoms with Crippen LogP contribution in [-0.2, 0) is 5.60 Å². The summed E-state index contributed by atoms with van der Waals surface area (Å²) in [6.45, 7) is 3.84. The first kappa shape index (κ1) is 13.8. The van der Waals surface area contributed by atoms with E-state index in [1.54, 1.807) is 0 Å². The summed E-state index contributed by atoms with van der Waals surface area (Å²) in [5, 5.41) is 11.9. The van der Waals surface area contributed by atoms with E-state index in [9.17, 15) is 9.50 Å². The smallest absolute Gasteiger partial charge is 0.163 e. The molecule has 0 amide bonds. The SMILES string of the molecule is CCC(O)(c1ccc(F)cn1)c1cc2cc(C)ccc2o1. The van der Waals surface area contributed by atoms with Crippen LogP contribution in [0.2, 0.25) is 0 Å². The van der Waals surface area contributed by atoms with Gasteiger partial charge in [0.05, 0.1) is 11.9 Å². The van der Waals surface area contributed by atoms with Crippen LogP contribution in [0, 0.1) is 12.7 Å². The Morgan fingerprint density at radius 2 is 2.05 bits per heavy atom. The second-order valence-corrected chi connectivity index (χ2v) is 5.23. The molecule has 0 aliphatic rings. The molecule has 0 saturated carbocycles. The molecule has 0 saturated heterocycles. The van der Waals surface area contributed by atoms with Gasteiger partial charge in [-0.25, -0.2) is 4.39 Å². The van der Waals surface area contributed by atoms with Gasteiger partial charge in [-0.05, 0) is 43.7 Å². The van der Waals surface area contributed by atoms with Gasteiger partial charge in [0.15, 0.2) is 5.60 Å². The Morgan fingerprint density at radius 1 is 1.24 bits per heavy atom. The molecule has 1 N–H and O–H groups in total. The van der Waals surface area contributed by atoms with Crippen molar-refractivity contribution >= 4 is 11.0 Å². The van der Waals surface area contributed by atoms with Gasteiger partial charge in [0, 0.05) is 5.39 Å². The highest BCUT2D eigenvalue weighted by atomic mass is 19.1. The molecule has 1 atom stereocenters. The number of hydrogen-bond donors (Lipinski definition) is 1. The predicted molar refractivity (Wildman–Crippen MR) is 78.4 cm³/mol. The number of halogens is 1. The molecule has 1 unspecified atom stereocenters. The third kappa shape index (κ3) is 2.32. The number of nitrogens with zero attached hydrogens (tertiary/aromatic N) is 1. The second-order valence-electron chi connectivity index (χ2n) is 5.23. The van der Waals surface area contributed by atoms with Crippen molar-refractivity contribution in [2.45, 2.75) is 25.9 Å². The molecule has 3 rings (SSSR count). The lowest BCUT2D eigenvalue weighted by atomic mass is 9.92. The van der Waals surface area contributed by atoms with E-state index >= 15 is 0 Å². The van der Waals surface area contributed by atoms with Crippen LogP contribution in [0.25, 0.3) is 11.0 Å². The van der Waals surface area contributed by atoms with Crippen LogP contribution in [-0.4, -0.2) is 10.1 Å². The summed E-state index contributed by atoms with van der Waals surface area (Å²) in [6.07, 6.45) is 1.48. The van der Waals surface area contributed by atoms with Gasteiger partial charge in [-0.1, -0.05) is 18.6 Å². The lowest BCUT2D eigenvalue weighted by molar-refractivity contribution is 0.0500. The number of aromatic nitrogens is 1. The van der Waals surface area contributed by atoms with Crippen LogP contribution in [0.15, 0.2) is 47.0 Å². The maximum atomic E-state index is 13.0. The average molecular weight is 285 g/mol. The molecule has 3 aromatic rings. The van der Waals surface area contributed by atoms with Crippen LogP contribution in [0.5, 0.6) is 0 Å². The first-order valence-corrected chi connectivity index (χ1v) is 6.88. The van der Waals surface area contributed by atoms with Gasteiger partial charge in [0.25, 0.3) is 0 Å². The maximum Gasteiger partial charge on any atom is 0.163 e. The van der Waals surface area contributed by atoms with Crippen molar-refractivity contribution in [3.05, 3.63) is 65.4 Å². The summed E-state index contributed by atoms with van der Waals surface area (Å²) in [5.41, 5.74) is 0.849. The Hall–Kier alpha value is -2.20. The van der Waals surface area contributed by atoms with Gasteiger partial charge in [0.2, 0.25) is 0 Å². The highest BCUT2D eigenvalue weighted by Crippen LogP contribution is 2.35. The number of benzene rings is 1. The number of aryl methyl sites for hydroxylation is 1. The summed E-state index contributed by atoms with van der Waals surface area (Å²) < 4.78 is 18.8. The molecule has 1 aromatic carbocycles. The van der Waals surface area contributed by atoms with Gasteiger partial charge >= 0.3 is 0 Å². The zero-order chi connectivity index (χ0) is 15.0. The molecule has 4 heteroatoms. The summed E-state index contributed by atoms with van der Waals surface area (Å²) in [7, 11) is 0. The molecule has 0 aliphatic heterocycles. The van der Waals surface area contributed by atoms with Crippen LogP contribution >= 0.6 is 0 Å². The molecule has 0 fully saturated rings. The Bertz CT molecular complexity index is 779. The first-order chi connectivity index (χ1) is 10.0. The minimum atomic E-state index is -1.36. The second kappa shape index (κ2) is 4.97. The molecule has 0 radical (unpaired) electrons. The van der Waals surface area contributed by atoms with E-state index in [-0.39, 0.29) is 0 Å². The standard InChI is InChI=1S/C17H16FNO2/c1-3-17(20,15-7-5-13(18)10-19-15)16-9-12-8-11(2)4-6-14(12)21-16/h4-10,20H,3H2,1-2H3. The first-order valence-electron chi connectivity index (χ1n) is 6.88. The quantitative estimate of drug-likeness (QED) is 0.793. The minimum Gasteiger partial charge on any atom is -0.458 e. The van der Waals surface area contributed by atoms with Crippen LogP contribution < -0.4 is 0 Å². The highest BCUT2D eigenvalue weighted by molar-refractivity contribution is 5.79. The molecule has 108 valence electrons. The fourth-order valence-electron chi connectivity index (χ4n) is 2.47. The molecule has 2 aromatic heterocycles. The van der Waals surface area contributed by atoms with E-state index in [1.807, 2.05) is 38.1 Å². The Morgan fingerprint density at radius 3 is 2.71 bits per heavy atom. The number of hydrogen-bond acceptors (Lipinski definition) is 3. The molecule has 2 heterocycles. The number of fused-ring (bicyclic) bond motifs is 1. The number of aliphatic hydroxyl groups is 1. The molecule has 0 bridgehead atoms. The zero-order valence-electron chi connectivity index (χ0n) is 11.9. The summed E-state index contributed by atoms with van der Waals surface area (Å²) in [4.78, 5) is 4.00. The Labute approximate surface area is 122 Å². The van der Waals surface area contributed by atoms with E-state index in [4.69, 9.17) is 4.42 Å². The zero-order valence-corrected chi connectivity index (χ0v) is 11.9. The monoisotopic (exact) mass is 285 g/mol. The average Bonchev–Trinajstić information content (AvgIpc) is 2.90. The number of rotatable bonds is 3. The highest BCUT2D eigenvalue weighted by Gasteiger charge is 2.34. The van der Waals surface area contributed by atoms with Crippen LogP contribution in [0.4, 0.5) is 4.39 Å². The predicted octanol–water partition coefficient (Wildman–Crippen LogP) is 3.92. The summed E-state index contributed by atoms with van der Waals surface area (Å²) in [6, 6.07) is 10.4. The van der Waals surface area contributed by atoms with Crippen molar-refractivity contribution in [2.75, 3.05) is 0 Å². The van der Waals surface area contributed by atoms with Crippen LogP contribution in [0.1, 0.15) is 30.4 Å². The Balaban J connectivity index is 2.14. The Kier molecular flexibility index (Phi) is 3.26. The lowest BCUT2D eigenvalue weighted by Gasteiger charge is -2.23. The normalized spacial score (nSPS) is 14.3. The third-order valence-corrected chi connectivity index (χ3v) is 3.74. The molecule has 3 nitrogen and oxygen atoms in total. The van der Waals surface area contributed by atoms with Crippen molar-refractivity contribution < 1.29 is 13.9 Å². The largest absolute Gasteiger partial charge is 0.458 e. The topological polar surface area (TPSA) is 46.3 Å². The van der Waals surface area contributed by atoms with E-state index in [1.165, 1.54) is 12.1 Å². The van der Waals surface area contributed by atoms with Gasteiger partial charge in [-0.3, -0.25) is 4.98 Å². The van der Waals surface area contributed by atoms with Crippen molar-refractivity contribution in [2.24, 2.45) is 0 Å². The van der Waals surface area contributed by atoms with Gasteiger partial charge < -0.3 is 9.52 Å². The lowest BCUT2D eigenvalue weighted by Crippen LogP contribution is -2.27. The van der Waals surface area contributed by atoms with Crippen molar-refractivity contribution in [1.29, 1.82) is 0 Å². The van der Waals surface area contributed by atoms with E-state index < -0.39 is 11.4 Å². The number of furan rings is 1. The van der Waals surface area contributed by atoms with Gasteiger partial charge in [-0.2, -0.15) is 0 Å². The van der Waals surface area contributed by atoms with Crippen molar-refractivity contribution in [3.8, 4) is 0 Å². The summed E-state index contributed by atoms with van der Waals surface area (Å²) in [5.74, 6) is -0.0119. The van der Waals surface area contributed by atoms with Crippen LogP contribution in [0.3, 0.4) is 0 Å². The van der Waals surface area contributed by atoms with E-state index in [0.29, 0.717) is 23.5 Å². The molecular formula is C17H16FNO2. The van der Waals surface area contributed by atoms with Crippen molar-refractivity contribution in [1.82, 2.24) is 4.98 Å². The molecular weight excluding hydrogens is 269 g/mol. The molecule has 0 aliphatic carbocycles. The third-order valence-electron chi connectivity index (χ3n) is 3.74. The number of pyridine rings is 1. The minimum absolute atomic E-state index is 0.377. The fourth-order valence-corrected chi connectivity index (χ4v) is 2.47. The van der Waals surface area contributed by atoms with Gasteiger partial charge in [-0.15, -0.1) is 0 Å².